The number of carbonyl (C=O) groups is 1. The number of thiophene rings is 1. The van der Waals surface area contributed by atoms with Crippen LogP contribution in [0.15, 0.2) is 24.3 Å². The molecule has 1 amide bonds. The van der Waals surface area contributed by atoms with Crippen molar-refractivity contribution in [3.05, 3.63) is 40.3 Å². The molecule has 0 saturated carbocycles. The summed E-state index contributed by atoms with van der Waals surface area (Å²) in [6.45, 7) is 5.92. The van der Waals surface area contributed by atoms with Crippen molar-refractivity contribution in [2.45, 2.75) is 33.2 Å². The van der Waals surface area contributed by atoms with Crippen LogP contribution in [-0.4, -0.2) is 16.9 Å². The van der Waals surface area contributed by atoms with Crippen LogP contribution in [0.1, 0.15) is 41.1 Å². The number of rotatable bonds is 4. The van der Waals surface area contributed by atoms with Gasteiger partial charge in [0.25, 0.3) is 5.91 Å². The molecular formula is C20H21N5OS. The average Bonchev–Trinajstić information content (AvgIpc) is 2.97. The molecule has 3 rings (SSSR count). The summed E-state index contributed by atoms with van der Waals surface area (Å²) in [4.78, 5) is 17.9. The SMILES string of the molecule is CCC(C)NC(=O)c1sc2nc(N)c(C#N)c(-c3ccc(C)cc3)c2c1N. The van der Waals surface area contributed by atoms with Crippen LogP contribution < -0.4 is 16.8 Å². The van der Waals surface area contributed by atoms with Gasteiger partial charge in [0.2, 0.25) is 0 Å². The summed E-state index contributed by atoms with van der Waals surface area (Å²) in [6, 6.07) is 9.92. The fourth-order valence-electron chi connectivity index (χ4n) is 2.85. The summed E-state index contributed by atoms with van der Waals surface area (Å²) in [5.41, 5.74) is 15.5. The van der Waals surface area contributed by atoms with E-state index >= 15 is 0 Å². The summed E-state index contributed by atoms with van der Waals surface area (Å²) in [5.74, 6) is -0.104. The Morgan fingerprint density at radius 1 is 1.33 bits per heavy atom. The van der Waals surface area contributed by atoms with Crippen molar-refractivity contribution >= 4 is 39.0 Å². The van der Waals surface area contributed by atoms with Crippen molar-refractivity contribution in [1.29, 1.82) is 5.26 Å². The minimum atomic E-state index is -0.239. The molecule has 6 nitrogen and oxygen atoms in total. The molecule has 7 heteroatoms. The predicted molar refractivity (Wildman–Crippen MR) is 111 cm³/mol. The minimum absolute atomic E-state index is 0.0337. The van der Waals surface area contributed by atoms with E-state index in [-0.39, 0.29) is 23.3 Å². The Balaban J connectivity index is 2.28. The van der Waals surface area contributed by atoms with Gasteiger partial charge in [-0.25, -0.2) is 4.98 Å². The maximum atomic E-state index is 12.6. The molecule has 0 aliphatic carbocycles. The third kappa shape index (κ3) is 3.32. The van der Waals surface area contributed by atoms with Crippen LogP contribution in [0.3, 0.4) is 0 Å². The van der Waals surface area contributed by atoms with Gasteiger partial charge < -0.3 is 16.8 Å². The highest BCUT2D eigenvalue weighted by Crippen LogP contribution is 2.42. The molecule has 1 aromatic carbocycles. The number of aryl methyl sites for hydroxylation is 1. The van der Waals surface area contributed by atoms with E-state index in [1.54, 1.807) is 0 Å². The molecule has 5 N–H and O–H groups in total. The molecule has 0 saturated heterocycles. The molecule has 0 bridgehead atoms. The molecule has 1 atom stereocenters. The summed E-state index contributed by atoms with van der Waals surface area (Å²) in [5, 5.41) is 13.2. The molecule has 0 aliphatic rings. The van der Waals surface area contributed by atoms with Crippen molar-refractivity contribution in [3.63, 3.8) is 0 Å². The second kappa shape index (κ2) is 7.25. The van der Waals surface area contributed by atoms with Gasteiger partial charge in [-0.05, 0) is 25.8 Å². The zero-order valence-corrected chi connectivity index (χ0v) is 16.3. The first-order chi connectivity index (χ1) is 12.9. The number of amides is 1. The summed E-state index contributed by atoms with van der Waals surface area (Å²) >= 11 is 1.19. The van der Waals surface area contributed by atoms with Gasteiger partial charge in [0.15, 0.2) is 0 Å². The molecule has 3 aromatic rings. The van der Waals surface area contributed by atoms with E-state index in [1.165, 1.54) is 11.3 Å². The normalized spacial score (nSPS) is 11.9. The fraction of sp³-hybridized carbons (Fsp3) is 0.250. The standard InChI is InChI=1S/C20H21N5OS/c1-4-11(3)24-19(26)17-16(22)15-14(12-7-5-10(2)6-8-12)13(9-21)18(23)25-20(15)27-17/h5-8,11H,4,22H2,1-3H3,(H2,23,25)(H,24,26). The number of carbonyl (C=O) groups excluding carboxylic acids is 1. The number of hydrogen-bond acceptors (Lipinski definition) is 6. The number of anilines is 2. The van der Waals surface area contributed by atoms with E-state index in [1.807, 2.05) is 45.0 Å². The smallest absolute Gasteiger partial charge is 0.263 e. The Morgan fingerprint density at radius 2 is 2.00 bits per heavy atom. The number of nitrogens with two attached hydrogens (primary N) is 2. The summed E-state index contributed by atoms with van der Waals surface area (Å²) < 4.78 is 0. The zero-order valence-electron chi connectivity index (χ0n) is 15.5. The number of benzene rings is 1. The van der Waals surface area contributed by atoms with E-state index in [2.05, 4.69) is 16.4 Å². The third-order valence-electron chi connectivity index (χ3n) is 4.55. The van der Waals surface area contributed by atoms with Crippen LogP contribution >= 0.6 is 11.3 Å². The Kier molecular flexibility index (Phi) is 5.02. The minimum Gasteiger partial charge on any atom is -0.397 e. The maximum Gasteiger partial charge on any atom is 0.263 e. The number of fused-ring (bicyclic) bond motifs is 1. The lowest BCUT2D eigenvalue weighted by molar-refractivity contribution is 0.0944. The number of nitrogens with one attached hydrogen (secondary N) is 1. The largest absolute Gasteiger partial charge is 0.397 e. The molecule has 0 spiro atoms. The van der Waals surface area contributed by atoms with E-state index in [9.17, 15) is 10.1 Å². The molecule has 0 fully saturated rings. The highest BCUT2D eigenvalue weighted by Gasteiger charge is 2.24. The molecule has 2 heterocycles. The van der Waals surface area contributed by atoms with Crippen molar-refractivity contribution in [2.24, 2.45) is 0 Å². The average molecular weight is 379 g/mol. The van der Waals surface area contributed by atoms with Gasteiger partial charge in [0, 0.05) is 17.0 Å². The van der Waals surface area contributed by atoms with Gasteiger partial charge in [0.05, 0.1) is 5.69 Å². The first-order valence-electron chi connectivity index (χ1n) is 8.66. The van der Waals surface area contributed by atoms with Crippen LogP contribution in [0.4, 0.5) is 11.5 Å². The van der Waals surface area contributed by atoms with E-state index in [0.29, 0.717) is 26.3 Å². The monoisotopic (exact) mass is 379 g/mol. The zero-order chi connectivity index (χ0) is 19.7. The van der Waals surface area contributed by atoms with Gasteiger partial charge in [-0.3, -0.25) is 4.79 Å². The second-order valence-electron chi connectivity index (χ2n) is 6.53. The van der Waals surface area contributed by atoms with Gasteiger partial charge in [-0.2, -0.15) is 5.26 Å². The topological polar surface area (TPSA) is 118 Å². The first-order valence-corrected chi connectivity index (χ1v) is 9.48. The quantitative estimate of drug-likeness (QED) is 0.636. The Hall–Kier alpha value is -3.11. The van der Waals surface area contributed by atoms with Gasteiger partial charge in [-0.15, -0.1) is 11.3 Å². The van der Waals surface area contributed by atoms with Crippen LogP contribution in [0.25, 0.3) is 21.3 Å². The molecule has 2 aromatic heterocycles. The number of hydrogen-bond donors (Lipinski definition) is 3. The Labute approximate surface area is 161 Å². The van der Waals surface area contributed by atoms with Gasteiger partial charge in [0.1, 0.15) is 27.2 Å². The van der Waals surface area contributed by atoms with Gasteiger partial charge >= 0.3 is 0 Å². The summed E-state index contributed by atoms with van der Waals surface area (Å²) in [7, 11) is 0. The van der Waals surface area contributed by atoms with Crippen LogP contribution in [-0.2, 0) is 0 Å². The number of nitrogens with zero attached hydrogens (tertiary/aromatic N) is 2. The van der Waals surface area contributed by atoms with Crippen LogP contribution in [0.2, 0.25) is 0 Å². The predicted octanol–water partition coefficient (Wildman–Crippen LogP) is 3.84. The molecule has 138 valence electrons. The number of nitrogen functional groups attached to an aromatic ring is 2. The lowest BCUT2D eigenvalue weighted by atomic mass is 9.96. The van der Waals surface area contributed by atoms with E-state index in [4.69, 9.17) is 11.5 Å². The second-order valence-corrected chi connectivity index (χ2v) is 7.53. The Morgan fingerprint density at radius 3 is 2.59 bits per heavy atom. The Bertz CT molecular complexity index is 1060. The number of nitriles is 1. The molecule has 0 aliphatic heterocycles. The van der Waals surface area contributed by atoms with E-state index in [0.717, 1.165) is 17.5 Å². The third-order valence-corrected chi connectivity index (χ3v) is 5.65. The highest BCUT2D eigenvalue weighted by atomic mass is 32.1. The molecule has 0 radical (unpaired) electrons. The fourth-order valence-corrected chi connectivity index (χ4v) is 3.87. The van der Waals surface area contributed by atoms with Crippen molar-refractivity contribution < 1.29 is 4.79 Å². The molecular weight excluding hydrogens is 358 g/mol. The lowest BCUT2D eigenvalue weighted by Crippen LogP contribution is -2.31. The van der Waals surface area contributed by atoms with Crippen LogP contribution in [0, 0.1) is 18.3 Å². The number of aromatic nitrogens is 1. The van der Waals surface area contributed by atoms with Gasteiger partial charge in [-0.1, -0.05) is 36.8 Å². The molecule has 1 unspecified atom stereocenters. The maximum absolute atomic E-state index is 12.6. The van der Waals surface area contributed by atoms with Crippen molar-refractivity contribution in [1.82, 2.24) is 10.3 Å². The first kappa shape index (κ1) is 18.7. The van der Waals surface area contributed by atoms with Crippen molar-refractivity contribution in [3.8, 4) is 17.2 Å². The number of pyridine rings is 1. The van der Waals surface area contributed by atoms with Crippen LogP contribution in [0.5, 0.6) is 0 Å². The summed E-state index contributed by atoms with van der Waals surface area (Å²) in [6.07, 6.45) is 0.814. The van der Waals surface area contributed by atoms with E-state index < -0.39 is 0 Å². The highest BCUT2D eigenvalue weighted by molar-refractivity contribution is 7.21. The lowest BCUT2D eigenvalue weighted by Gasteiger charge is -2.11. The van der Waals surface area contributed by atoms with Crippen molar-refractivity contribution in [2.75, 3.05) is 11.5 Å². The molecule has 27 heavy (non-hydrogen) atoms.